The fourth-order valence-corrected chi connectivity index (χ4v) is 4.59. The van der Waals surface area contributed by atoms with Crippen LogP contribution in [0, 0.1) is 12.7 Å². The summed E-state index contributed by atoms with van der Waals surface area (Å²) >= 11 is 0. The second-order valence-electron chi connectivity index (χ2n) is 8.82. The van der Waals surface area contributed by atoms with Crippen molar-refractivity contribution in [3.8, 4) is 5.75 Å². The number of rotatable bonds is 6. The van der Waals surface area contributed by atoms with Crippen LogP contribution in [0.15, 0.2) is 49.1 Å². The topological polar surface area (TPSA) is 44.8 Å². The summed E-state index contributed by atoms with van der Waals surface area (Å²) in [5.41, 5.74) is 4.05. The molecule has 2 heterocycles. The van der Waals surface area contributed by atoms with E-state index >= 15 is 0 Å². The molecule has 32 heavy (non-hydrogen) atoms. The number of amides is 1. The van der Waals surface area contributed by atoms with Crippen LogP contribution in [0.3, 0.4) is 0 Å². The van der Waals surface area contributed by atoms with Crippen LogP contribution in [0.5, 0.6) is 5.75 Å². The molecule has 2 atom stereocenters. The monoisotopic (exact) mass is 437 g/mol. The summed E-state index contributed by atoms with van der Waals surface area (Å²) in [4.78, 5) is 16.2. The van der Waals surface area contributed by atoms with Crippen LogP contribution >= 0.6 is 0 Å². The molecule has 0 aliphatic carbocycles. The quantitative estimate of drug-likeness (QED) is 0.702. The maximum absolute atomic E-state index is 14.4. The number of aryl methyl sites for hydroxylation is 1. The number of carbonyl (C=O) groups excluding carboxylic acids is 1. The van der Waals surface area contributed by atoms with Gasteiger partial charge in [0.25, 0.3) is 0 Å². The minimum Gasteiger partial charge on any atom is -0.484 e. The lowest BCUT2D eigenvalue weighted by Gasteiger charge is -2.40. The van der Waals surface area contributed by atoms with Crippen LogP contribution in [0.25, 0.3) is 0 Å². The number of fused-ring (bicyclic) bond motifs is 1. The van der Waals surface area contributed by atoms with E-state index in [-0.39, 0.29) is 23.9 Å². The Kier molecular flexibility index (Phi) is 6.92. The van der Waals surface area contributed by atoms with E-state index in [4.69, 9.17) is 4.74 Å². The summed E-state index contributed by atoms with van der Waals surface area (Å²) in [6.07, 6.45) is 2.08. The molecule has 1 fully saturated rings. The zero-order valence-electron chi connectivity index (χ0n) is 18.9. The van der Waals surface area contributed by atoms with Gasteiger partial charge in [0.05, 0.1) is 0 Å². The second-order valence-corrected chi connectivity index (χ2v) is 8.82. The number of carbonyl (C=O) groups is 1. The van der Waals surface area contributed by atoms with Gasteiger partial charge in [-0.2, -0.15) is 0 Å². The number of piperazine rings is 1. The van der Waals surface area contributed by atoms with Gasteiger partial charge in [0.2, 0.25) is 5.91 Å². The van der Waals surface area contributed by atoms with Crippen LogP contribution in [0.4, 0.5) is 4.39 Å². The molecule has 170 valence electrons. The molecule has 4 rings (SSSR count). The Morgan fingerprint density at radius 3 is 2.88 bits per heavy atom. The molecule has 2 aromatic rings. The maximum Gasteiger partial charge on any atom is 0.246 e. The third-order valence-corrected chi connectivity index (χ3v) is 6.50. The molecule has 1 N–H and O–H groups in total. The highest BCUT2D eigenvalue weighted by Crippen LogP contribution is 2.28. The van der Waals surface area contributed by atoms with E-state index < -0.39 is 0 Å². The summed E-state index contributed by atoms with van der Waals surface area (Å²) in [5, 5.41) is 3.40. The normalized spacial score (nSPS) is 19.8. The molecule has 0 aromatic heterocycles. The number of ether oxygens (including phenoxy) is 1. The lowest BCUT2D eigenvalue weighted by molar-refractivity contribution is -0.130. The van der Waals surface area contributed by atoms with Gasteiger partial charge in [-0.05, 0) is 73.3 Å². The summed E-state index contributed by atoms with van der Waals surface area (Å²) in [6, 6.07) is 11.7. The highest BCUT2D eigenvalue weighted by Gasteiger charge is 2.28. The predicted molar refractivity (Wildman–Crippen MR) is 124 cm³/mol. The number of halogens is 1. The Morgan fingerprint density at radius 1 is 1.28 bits per heavy atom. The molecule has 0 spiro atoms. The zero-order chi connectivity index (χ0) is 22.7. The highest BCUT2D eigenvalue weighted by molar-refractivity contribution is 5.87. The average Bonchev–Trinajstić information content (AvgIpc) is 2.80. The molecule has 0 radical (unpaired) electrons. The molecule has 2 aliphatic rings. The van der Waals surface area contributed by atoms with Gasteiger partial charge >= 0.3 is 0 Å². The Labute approximate surface area is 189 Å². The molecule has 1 amide bonds. The predicted octanol–water partition coefficient (Wildman–Crippen LogP) is 3.62. The van der Waals surface area contributed by atoms with Gasteiger partial charge in [0.15, 0.2) is 0 Å². The summed E-state index contributed by atoms with van der Waals surface area (Å²) in [6.45, 7) is 12.0. The van der Waals surface area contributed by atoms with Crippen molar-refractivity contribution in [3.63, 3.8) is 0 Å². The van der Waals surface area contributed by atoms with Crippen molar-refractivity contribution in [1.82, 2.24) is 15.1 Å². The van der Waals surface area contributed by atoms with E-state index in [0.29, 0.717) is 18.7 Å². The van der Waals surface area contributed by atoms with Crippen LogP contribution < -0.4 is 10.1 Å². The molecule has 5 nitrogen and oxygen atoms in total. The zero-order valence-corrected chi connectivity index (χ0v) is 18.9. The minimum atomic E-state index is -0.312. The number of nitrogens with one attached hydrogen (secondary N) is 1. The molecular weight excluding hydrogens is 405 g/mol. The van der Waals surface area contributed by atoms with Gasteiger partial charge in [-0.15, -0.1) is 0 Å². The Bertz CT molecular complexity index is 993. The van der Waals surface area contributed by atoms with Gasteiger partial charge in [-0.3, -0.25) is 9.69 Å². The van der Waals surface area contributed by atoms with Crippen molar-refractivity contribution in [2.24, 2.45) is 0 Å². The largest absolute Gasteiger partial charge is 0.484 e. The van der Waals surface area contributed by atoms with Crippen molar-refractivity contribution in [1.29, 1.82) is 0 Å². The SMILES string of the molecule is C=CC(=O)N1CCN(C[C@@H](Oc2ccc3c(c2)CNCC3)c2ccc(C)c(F)c2)C[C@H]1C. The summed E-state index contributed by atoms with van der Waals surface area (Å²) in [7, 11) is 0. The van der Waals surface area contributed by atoms with E-state index in [9.17, 15) is 9.18 Å². The number of hydrogen-bond acceptors (Lipinski definition) is 4. The van der Waals surface area contributed by atoms with Crippen molar-refractivity contribution in [2.75, 3.05) is 32.7 Å². The van der Waals surface area contributed by atoms with Gasteiger partial charge in [-0.25, -0.2) is 4.39 Å². The van der Waals surface area contributed by atoms with Crippen molar-refractivity contribution >= 4 is 5.91 Å². The van der Waals surface area contributed by atoms with E-state index in [1.54, 1.807) is 19.1 Å². The third-order valence-electron chi connectivity index (χ3n) is 6.50. The van der Waals surface area contributed by atoms with Crippen LogP contribution in [-0.2, 0) is 17.8 Å². The van der Waals surface area contributed by atoms with E-state index in [1.165, 1.54) is 17.2 Å². The van der Waals surface area contributed by atoms with Gasteiger partial charge in [0, 0.05) is 38.8 Å². The van der Waals surface area contributed by atoms with Crippen molar-refractivity contribution in [3.05, 3.63) is 77.1 Å². The first kappa shape index (κ1) is 22.5. The first-order chi connectivity index (χ1) is 15.4. The molecule has 0 bridgehead atoms. The van der Waals surface area contributed by atoms with E-state index in [1.807, 2.05) is 24.0 Å². The second kappa shape index (κ2) is 9.84. The molecule has 0 unspecified atom stereocenters. The standard InChI is InChI=1S/C26H32FN3O2/c1-4-26(31)30-12-11-29(16-19(30)3)17-25(21-6-5-18(2)24(27)14-21)32-23-8-7-20-9-10-28-15-22(20)13-23/h4-8,13-14,19,25,28H,1,9-12,15-17H2,2-3H3/t19-,25-/m1/s1. The minimum absolute atomic E-state index is 0.0341. The van der Waals surface area contributed by atoms with Crippen molar-refractivity contribution < 1.29 is 13.9 Å². The maximum atomic E-state index is 14.4. The Hall–Kier alpha value is -2.70. The molecule has 1 saturated heterocycles. The lowest BCUT2D eigenvalue weighted by Crippen LogP contribution is -2.54. The van der Waals surface area contributed by atoms with Crippen LogP contribution in [0.1, 0.15) is 35.3 Å². The molecular formula is C26H32FN3O2. The molecule has 2 aliphatic heterocycles. The molecule has 2 aromatic carbocycles. The summed E-state index contributed by atoms with van der Waals surface area (Å²) < 4.78 is 20.9. The Morgan fingerprint density at radius 2 is 2.12 bits per heavy atom. The highest BCUT2D eigenvalue weighted by atomic mass is 19.1. The van der Waals surface area contributed by atoms with Gasteiger partial charge in [0.1, 0.15) is 17.7 Å². The number of benzene rings is 2. The fourth-order valence-electron chi connectivity index (χ4n) is 4.59. The molecule has 6 heteroatoms. The average molecular weight is 438 g/mol. The smallest absolute Gasteiger partial charge is 0.246 e. The first-order valence-electron chi connectivity index (χ1n) is 11.3. The fraction of sp³-hybridized carbons (Fsp3) is 0.423. The van der Waals surface area contributed by atoms with E-state index in [0.717, 1.165) is 43.9 Å². The lowest BCUT2D eigenvalue weighted by atomic mass is 10.0. The third kappa shape index (κ3) is 5.03. The van der Waals surface area contributed by atoms with E-state index in [2.05, 4.69) is 28.9 Å². The van der Waals surface area contributed by atoms with Crippen LogP contribution in [0.2, 0.25) is 0 Å². The van der Waals surface area contributed by atoms with Crippen LogP contribution in [-0.4, -0.2) is 54.5 Å². The van der Waals surface area contributed by atoms with Gasteiger partial charge in [-0.1, -0.05) is 24.8 Å². The van der Waals surface area contributed by atoms with Crippen molar-refractivity contribution in [2.45, 2.75) is 39.0 Å². The summed E-state index contributed by atoms with van der Waals surface area (Å²) in [5.74, 6) is 0.542. The number of hydrogen-bond donors (Lipinski definition) is 1. The first-order valence-corrected chi connectivity index (χ1v) is 11.3. The van der Waals surface area contributed by atoms with Gasteiger partial charge < -0.3 is 15.0 Å². The Balaban J connectivity index is 1.54. The number of nitrogens with zero attached hydrogens (tertiary/aromatic N) is 2. The molecule has 0 saturated carbocycles.